The van der Waals surface area contributed by atoms with Crippen LogP contribution >= 0.6 is 0 Å². The molecule has 1 unspecified atom stereocenters. The van der Waals surface area contributed by atoms with E-state index in [1.54, 1.807) is 6.92 Å². The fourth-order valence-electron chi connectivity index (χ4n) is 1.38. The number of ketones is 1. The van der Waals surface area contributed by atoms with Crippen molar-refractivity contribution in [1.29, 1.82) is 0 Å². The molecule has 0 spiro atoms. The van der Waals surface area contributed by atoms with Gasteiger partial charge in [0, 0.05) is 5.57 Å². The van der Waals surface area contributed by atoms with Gasteiger partial charge in [-0.1, -0.05) is 6.08 Å². The summed E-state index contributed by atoms with van der Waals surface area (Å²) in [6, 6.07) is 0. The monoisotopic (exact) mass is 140 g/mol. The third-order valence-corrected chi connectivity index (χ3v) is 1.94. The zero-order valence-corrected chi connectivity index (χ0v) is 6.35. The summed E-state index contributed by atoms with van der Waals surface area (Å²) in [5.41, 5.74) is -0.279. The van der Waals surface area contributed by atoms with E-state index in [1.165, 1.54) is 6.92 Å². The van der Waals surface area contributed by atoms with Crippen LogP contribution in [0.2, 0.25) is 0 Å². The number of carbonyl (C=O) groups excluding carboxylic acids is 1. The average molecular weight is 140 g/mol. The standard InChI is InChI=1S/C8H12O2/c1-6(9)7-4-3-5-8(7,2)10/h4,10H,3,5H2,1-2H3. The second-order valence-corrected chi connectivity index (χ2v) is 2.99. The number of Topliss-reactive ketones (excluding diaryl/α,β-unsaturated/α-hetero) is 1. The lowest BCUT2D eigenvalue weighted by Crippen LogP contribution is -2.26. The number of rotatable bonds is 1. The van der Waals surface area contributed by atoms with Gasteiger partial charge in [-0.05, 0) is 26.7 Å². The third kappa shape index (κ3) is 1.12. The van der Waals surface area contributed by atoms with Crippen LogP contribution in [0, 0.1) is 0 Å². The minimum absolute atomic E-state index is 0.0116. The van der Waals surface area contributed by atoms with Crippen LogP contribution in [0.5, 0.6) is 0 Å². The highest BCUT2D eigenvalue weighted by Crippen LogP contribution is 2.29. The Bertz CT molecular complexity index is 189. The van der Waals surface area contributed by atoms with E-state index in [2.05, 4.69) is 0 Å². The molecular formula is C8H12O2. The molecule has 0 heterocycles. The number of aliphatic hydroxyl groups is 1. The quantitative estimate of drug-likeness (QED) is 0.591. The molecule has 0 fully saturated rings. The Morgan fingerprint density at radius 2 is 2.40 bits per heavy atom. The summed E-state index contributed by atoms with van der Waals surface area (Å²) in [6.07, 6.45) is 3.33. The molecule has 0 saturated carbocycles. The molecule has 2 nitrogen and oxygen atoms in total. The molecule has 0 radical (unpaired) electrons. The van der Waals surface area contributed by atoms with Crippen molar-refractivity contribution >= 4 is 5.78 Å². The van der Waals surface area contributed by atoms with E-state index in [0.29, 0.717) is 12.0 Å². The van der Waals surface area contributed by atoms with Gasteiger partial charge in [-0.2, -0.15) is 0 Å². The van der Waals surface area contributed by atoms with Gasteiger partial charge in [-0.15, -0.1) is 0 Å². The van der Waals surface area contributed by atoms with Gasteiger partial charge < -0.3 is 5.11 Å². The minimum Gasteiger partial charge on any atom is -0.385 e. The zero-order valence-electron chi connectivity index (χ0n) is 6.35. The minimum atomic E-state index is -0.855. The summed E-state index contributed by atoms with van der Waals surface area (Å²) < 4.78 is 0. The zero-order chi connectivity index (χ0) is 7.78. The predicted octanol–water partition coefficient (Wildman–Crippen LogP) is 1.05. The van der Waals surface area contributed by atoms with Crippen molar-refractivity contribution in [3.05, 3.63) is 11.6 Å². The van der Waals surface area contributed by atoms with Crippen molar-refractivity contribution in [2.24, 2.45) is 0 Å². The molecule has 0 aromatic rings. The maximum Gasteiger partial charge on any atom is 0.158 e. The van der Waals surface area contributed by atoms with Gasteiger partial charge in [0.15, 0.2) is 5.78 Å². The van der Waals surface area contributed by atoms with Crippen LogP contribution in [0.1, 0.15) is 26.7 Å². The van der Waals surface area contributed by atoms with Crippen LogP contribution in [-0.2, 0) is 4.79 Å². The predicted molar refractivity (Wildman–Crippen MR) is 38.6 cm³/mol. The van der Waals surface area contributed by atoms with Crippen molar-refractivity contribution in [1.82, 2.24) is 0 Å². The Kier molecular flexibility index (Phi) is 1.65. The Balaban J connectivity index is 2.85. The molecule has 1 aliphatic rings. The average Bonchev–Trinajstić information content (AvgIpc) is 2.08. The molecule has 0 aliphatic heterocycles. The van der Waals surface area contributed by atoms with Crippen molar-refractivity contribution in [2.75, 3.05) is 0 Å². The molecule has 56 valence electrons. The lowest BCUT2D eigenvalue weighted by Gasteiger charge is -2.18. The van der Waals surface area contributed by atoms with Gasteiger partial charge in [-0.3, -0.25) is 4.79 Å². The summed E-state index contributed by atoms with van der Waals surface area (Å²) in [5.74, 6) is -0.0116. The maximum atomic E-state index is 10.8. The molecule has 0 amide bonds. The molecule has 10 heavy (non-hydrogen) atoms. The first-order valence-electron chi connectivity index (χ1n) is 3.48. The second-order valence-electron chi connectivity index (χ2n) is 2.99. The highest BCUT2D eigenvalue weighted by atomic mass is 16.3. The van der Waals surface area contributed by atoms with Crippen molar-refractivity contribution in [2.45, 2.75) is 32.3 Å². The molecular weight excluding hydrogens is 128 g/mol. The molecule has 0 aromatic heterocycles. The van der Waals surface area contributed by atoms with Crippen molar-refractivity contribution < 1.29 is 9.90 Å². The highest BCUT2D eigenvalue weighted by Gasteiger charge is 2.31. The topological polar surface area (TPSA) is 37.3 Å². The number of hydrogen-bond acceptors (Lipinski definition) is 2. The lowest BCUT2D eigenvalue weighted by atomic mass is 9.96. The fourth-order valence-corrected chi connectivity index (χ4v) is 1.38. The van der Waals surface area contributed by atoms with Crippen LogP contribution in [0.25, 0.3) is 0 Å². The smallest absolute Gasteiger partial charge is 0.158 e. The Morgan fingerprint density at radius 1 is 1.80 bits per heavy atom. The molecule has 0 aromatic carbocycles. The van der Waals surface area contributed by atoms with Gasteiger partial charge in [-0.25, -0.2) is 0 Å². The van der Waals surface area contributed by atoms with E-state index < -0.39 is 5.60 Å². The largest absolute Gasteiger partial charge is 0.385 e. The molecule has 1 rings (SSSR count). The van der Waals surface area contributed by atoms with Crippen LogP contribution in [0.3, 0.4) is 0 Å². The van der Waals surface area contributed by atoms with E-state index in [1.807, 2.05) is 6.08 Å². The van der Waals surface area contributed by atoms with Gasteiger partial charge in [0.05, 0.1) is 5.60 Å². The van der Waals surface area contributed by atoms with E-state index in [-0.39, 0.29) is 5.78 Å². The summed E-state index contributed by atoms with van der Waals surface area (Å²) in [6.45, 7) is 3.18. The van der Waals surface area contributed by atoms with Gasteiger partial charge in [0.25, 0.3) is 0 Å². The molecule has 0 saturated heterocycles. The fraction of sp³-hybridized carbons (Fsp3) is 0.625. The number of carbonyl (C=O) groups is 1. The van der Waals surface area contributed by atoms with Crippen molar-refractivity contribution in [3.8, 4) is 0 Å². The Labute approximate surface area is 60.6 Å². The first-order chi connectivity index (χ1) is 4.54. The van der Waals surface area contributed by atoms with Crippen LogP contribution in [0.4, 0.5) is 0 Å². The summed E-state index contributed by atoms with van der Waals surface area (Å²) in [5, 5.41) is 9.54. The first kappa shape index (κ1) is 7.48. The number of allylic oxidation sites excluding steroid dienone is 1. The molecule has 2 heteroatoms. The van der Waals surface area contributed by atoms with Gasteiger partial charge in [0.2, 0.25) is 0 Å². The molecule has 1 aliphatic carbocycles. The summed E-state index contributed by atoms with van der Waals surface area (Å²) in [7, 11) is 0. The van der Waals surface area contributed by atoms with Gasteiger partial charge >= 0.3 is 0 Å². The molecule has 1 N–H and O–H groups in total. The van der Waals surface area contributed by atoms with E-state index in [0.717, 1.165) is 6.42 Å². The van der Waals surface area contributed by atoms with E-state index in [4.69, 9.17) is 0 Å². The highest BCUT2D eigenvalue weighted by molar-refractivity contribution is 5.95. The third-order valence-electron chi connectivity index (χ3n) is 1.94. The SMILES string of the molecule is CC(=O)C1=CCCC1(C)O. The van der Waals surface area contributed by atoms with Crippen LogP contribution in [0.15, 0.2) is 11.6 Å². The van der Waals surface area contributed by atoms with Gasteiger partial charge in [0.1, 0.15) is 0 Å². The normalized spacial score (nSPS) is 32.1. The summed E-state index contributed by atoms with van der Waals surface area (Å²) in [4.78, 5) is 10.8. The molecule has 1 atom stereocenters. The maximum absolute atomic E-state index is 10.8. The first-order valence-corrected chi connectivity index (χ1v) is 3.48. The number of hydrogen-bond donors (Lipinski definition) is 1. The van der Waals surface area contributed by atoms with Crippen molar-refractivity contribution in [3.63, 3.8) is 0 Å². The Hall–Kier alpha value is -0.630. The van der Waals surface area contributed by atoms with Crippen LogP contribution in [-0.4, -0.2) is 16.5 Å². The molecule has 0 bridgehead atoms. The summed E-state index contributed by atoms with van der Waals surface area (Å²) >= 11 is 0. The van der Waals surface area contributed by atoms with E-state index in [9.17, 15) is 9.90 Å². The lowest BCUT2D eigenvalue weighted by molar-refractivity contribution is -0.115. The van der Waals surface area contributed by atoms with Crippen LogP contribution < -0.4 is 0 Å². The van der Waals surface area contributed by atoms with E-state index >= 15 is 0 Å². The Morgan fingerprint density at radius 3 is 2.60 bits per heavy atom. The second kappa shape index (κ2) is 2.20.